The molecule has 5 aromatic rings. The largest absolute Gasteiger partial charge is 0.338 e. The summed E-state index contributed by atoms with van der Waals surface area (Å²) in [4.78, 5) is 15.9. The molecular formula is C28H26N6O. The van der Waals surface area contributed by atoms with E-state index < -0.39 is 0 Å². The third-order valence-electron chi connectivity index (χ3n) is 6.78. The van der Waals surface area contributed by atoms with E-state index in [1.165, 1.54) is 0 Å². The number of aromatic nitrogens is 5. The zero-order valence-electron chi connectivity index (χ0n) is 19.6. The molecule has 3 aromatic heterocycles. The Morgan fingerprint density at radius 1 is 0.943 bits per heavy atom. The Morgan fingerprint density at radius 2 is 1.74 bits per heavy atom. The number of amides is 1. The van der Waals surface area contributed by atoms with Crippen LogP contribution in [0.3, 0.4) is 0 Å². The van der Waals surface area contributed by atoms with Crippen LogP contribution >= 0.6 is 0 Å². The average molecular weight is 463 g/mol. The molecule has 1 atom stereocenters. The van der Waals surface area contributed by atoms with Gasteiger partial charge in [0.15, 0.2) is 5.65 Å². The summed E-state index contributed by atoms with van der Waals surface area (Å²) in [5.41, 5.74) is 5.15. The molecule has 6 rings (SSSR count). The second-order valence-electron chi connectivity index (χ2n) is 9.06. The zero-order chi connectivity index (χ0) is 23.8. The fraction of sp³-hybridized carbons (Fsp3) is 0.214. The molecule has 0 saturated carbocycles. The Labute approximate surface area is 203 Å². The smallest absolute Gasteiger partial charge is 0.257 e. The summed E-state index contributed by atoms with van der Waals surface area (Å²) in [5.74, 6) is 1.05. The third kappa shape index (κ3) is 3.89. The number of rotatable bonds is 4. The number of para-hydroxylation sites is 1. The minimum atomic E-state index is 0.00366. The first-order chi connectivity index (χ1) is 17.2. The van der Waals surface area contributed by atoms with E-state index in [4.69, 9.17) is 5.10 Å². The lowest BCUT2D eigenvalue weighted by Crippen LogP contribution is -2.39. The van der Waals surface area contributed by atoms with Crippen molar-refractivity contribution in [3.8, 4) is 16.9 Å². The SMILES string of the molecule is Cc1ccccc1-c1nn(-c2ccccc2)cc1C(=O)N1CCCC(c2nnc3ccccn23)C1. The molecule has 174 valence electrons. The van der Waals surface area contributed by atoms with Gasteiger partial charge in [0.2, 0.25) is 0 Å². The van der Waals surface area contributed by atoms with Gasteiger partial charge >= 0.3 is 0 Å². The molecule has 1 aliphatic rings. The number of carbonyl (C=O) groups excluding carboxylic acids is 1. The van der Waals surface area contributed by atoms with Gasteiger partial charge in [-0.2, -0.15) is 5.10 Å². The van der Waals surface area contributed by atoms with Gasteiger partial charge in [-0.1, -0.05) is 48.5 Å². The molecular weight excluding hydrogens is 436 g/mol. The molecule has 1 fully saturated rings. The number of benzene rings is 2. The van der Waals surface area contributed by atoms with Crippen LogP contribution < -0.4 is 0 Å². The van der Waals surface area contributed by atoms with Gasteiger partial charge in [0, 0.05) is 37.0 Å². The van der Waals surface area contributed by atoms with Gasteiger partial charge in [-0.25, -0.2) is 4.68 Å². The first-order valence-corrected chi connectivity index (χ1v) is 12.0. The van der Waals surface area contributed by atoms with Crippen LogP contribution in [0.2, 0.25) is 0 Å². The van der Waals surface area contributed by atoms with Gasteiger partial charge < -0.3 is 4.90 Å². The molecule has 1 amide bonds. The number of aryl methyl sites for hydroxylation is 1. The van der Waals surface area contributed by atoms with Crippen LogP contribution in [0.15, 0.2) is 85.2 Å². The maximum Gasteiger partial charge on any atom is 0.257 e. The van der Waals surface area contributed by atoms with E-state index >= 15 is 0 Å². The highest BCUT2D eigenvalue weighted by Gasteiger charge is 2.31. The normalized spacial score (nSPS) is 16.0. The Hall–Kier alpha value is -4.26. The Bertz CT molecular complexity index is 1500. The predicted molar refractivity (Wildman–Crippen MR) is 135 cm³/mol. The number of pyridine rings is 1. The van der Waals surface area contributed by atoms with Gasteiger partial charge in [-0.15, -0.1) is 10.2 Å². The van der Waals surface area contributed by atoms with Crippen LogP contribution in [0.25, 0.3) is 22.6 Å². The van der Waals surface area contributed by atoms with Crippen LogP contribution in [0, 0.1) is 6.92 Å². The van der Waals surface area contributed by atoms with Gasteiger partial charge in [0.25, 0.3) is 5.91 Å². The van der Waals surface area contributed by atoms with E-state index in [0.717, 1.165) is 47.7 Å². The number of likely N-dealkylation sites (tertiary alicyclic amines) is 1. The number of fused-ring (bicyclic) bond motifs is 1. The Kier molecular flexibility index (Phi) is 5.37. The zero-order valence-corrected chi connectivity index (χ0v) is 19.6. The van der Waals surface area contributed by atoms with E-state index in [-0.39, 0.29) is 11.8 Å². The highest BCUT2D eigenvalue weighted by atomic mass is 16.2. The molecule has 1 saturated heterocycles. The maximum absolute atomic E-state index is 14.0. The lowest BCUT2D eigenvalue weighted by atomic mass is 9.96. The van der Waals surface area contributed by atoms with E-state index in [1.807, 2.05) is 93.1 Å². The van der Waals surface area contributed by atoms with Crippen LogP contribution in [0.5, 0.6) is 0 Å². The molecule has 0 aliphatic carbocycles. The quantitative estimate of drug-likeness (QED) is 0.381. The third-order valence-corrected chi connectivity index (χ3v) is 6.78. The van der Waals surface area contributed by atoms with Crippen LogP contribution in [-0.4, -0.2) is 48.3 Å². The molecule has 7 nitrogen and oxygen atoms in total. The molecule has 7 heteroatoms. The number of hydrogen-bond acceptors (Lipinski definition) is 4. The first kappa shape index (κ1) is 21.3. The number of hydrogen-bond donors (Lipinski definition) is 0. The molecule has 1 unspecified atom stereocenters. The standard InChI is InChI=1S/C28H26N6O/c1-20-10-5-6-14-23(20)26-24(19-34(31-26)22-12-3-2-4-13-22)28(35)32-16-9-11-21(18-32)27-30-29-25-15-7-8-17-33(25)27/h2-8,10,12-15,17,19,21H,9,11,16,18H2,1H3. The van der Waals surface area contributed by atoms with Crippen LogP contribution in [0.1, 0.15) is 40.5 Å². The van der Waals surface area contributed by atoms with E-state index in [2.05, 4.69) is 23.2 Å². The van der Waals surface area contributed by atoms with Crippen molar-refractivity contribution in [2.45, 2.75) is 25.7 Å². The molecule has 2 aromatic carbocycles. The molecule has 0 N–H and O–H groups in total. The summed E-state index contributed by atoms with van der Waals surface area (Å²) in [6, 6.07) is 23.9. The molecule has 0 radical (unpaired) electrons. The van der Waals surface area contributed by atoms with Gasteiger partial charge in [0.05, 0.1) is 11.3 Å². The first-order valence-electron chi connectivity index (χ1n) is 12.0. The van der Waals surface area contributed by atoms with E-state index in [9.17, 15) is 4.79 Å². The van der Waals surface area contributed by atoms with E-state index in [0.29, 0.717) is 17.8 Å². The summed E-state index contributed by atoms with van der Waals surface area (Å²) in [5, 5.41) is 13.7. The van der Waals surface area contributed by atoms with Crippen molar-refractivity contribution in [2.75, 3.05) is 13.1 Å². The van der Waals surface area contributed by atoms with Crippen molar-refractivity contribution in [1.82, 2.24) is 29.3 Å². The minimum absolute atomic E-state index is 0.00366. The van der Waals surface area contributed by atoms with Crippen LogP contribution in [-0.2, 0) is 0 Å². The lowest BCUT2D eigenvalue weighted by Gasteiger charge is -2.32. The molecule has 4 heterocycles. The van der Waals surface area contributed by atoms with Crippen molar-refractivity contribution in [3.05, 3.63) is 102 Å². The molecule has 35 heavy (non-hydrogen) atoms. The highest BCUT2D eigenvalue weighted by Crippen LogP contribution is 2.31. The van der Waals surface area contributed by atoms with Gasteiger partial charge in [-0.3, -0.25) is 9.20 Å². The monoisotopic (exact) mass is 462 g/mol. The van der Waals surface area contributed by atoms with Gasteiger partial charge in [0.1, 0.15) is 11.5 Å². The fourth-order valence-corrected chi connectivity index (χ4v) is 4.96. The highest BCUT2D eigenvalue weighted by molar-refractivity contribution is 6.00. The molecule has 0 spiro atoms. The molecule has 1 aliphatic heterocycles. The Morgan fingerprint density at radius 3 is 2.60 bits per heavy atom. The fourth-order valence-electron chi connectivity index (χ4n) is 4.96. The number of nitrogens with zero attached hydrogens (tertiary/aromatic N) is 6. The van der Waals surface area contributed by atoms with Crippen LogP contribution in [0.4, 0.5) is 0 Å². The summed E-state index contributed by atoms with van der Waals surface area (Å²) < 4.78 is 3.84. The summed E-state index contributed by atoms with van der Waals surface area (Å²) in [7, 11) is 0. The molecule has 0 bridgehead atoms. The Balaban J connectivity index is 1.37. The topological polar surface area (TPSA) is 68.3 Å². The van der Waals surface area contributed by atoms with Gasteiger partial charge in [-0.05, 0) is 49.6 Å². The summed E-state index contributed by atoms with van der Waals surface area (Å²) in [6.45, 7) is 3.38. The second-order valence-corrected chi connectivity index (χ2v) is 9.06. The average Bonchev–Trinajstić information content (AvgIpc) is 3.54. The summed E-state index contributed by atoms with van der Waals surface area (Å²) in [6.07, 6.45) is 5.76. The predicted octanol–water partition coefficient (Wildman–Crippen LogP) is 4.91. The van der Waals surface area contributed by atoms with E-state index in [1.54, 1.807) is 0 Å². The van der Waals surface area contributed by atoms with Crippen molar-refractivity contribution in [3.63, 3.8) is 0 Å². The van der Waals surface area contributed by atoms with Crippen molar-refractivity contribution >= 4 is 11.6 Å². The number of carbonyl (C=O) groups is 1. The lowest BCUT2D eigenvalue weighted by molar-refractivity contribution is 0.0705. The maximum atomic E-state index is 14.0. The van der Waals surface area contributed by atoms with Crippen molar-refractivity contribution in [1.29, 1.82) is 0 Å². The van der Waals surface area contributed by atoms with Crippen molar-refractivity contribution < 1.29 is 4.79 Å². The summed E-state index contributed by atoms with van der Waals surface area (Å²) >= 11 is 0. The number of piperidine rings is 1. The van der Waals surface area contributed by atoms with Crippen molar-refractivity contribution in [2.24, 2.45) is 0 Å². The minimum Gasteiger partial charge on any atom is -0.338 e. The second kappa shape index (κ2) is 8.83.